The zero-order valence-corrected chi connectivity index (χ0v) is 29.4. The van der Waals surface area contributed by atoms with Crippen LogP contribution in [0.4, 0.5) is 18.9 Å². The molecule has 1 spiro atoms. The van der Waals surface area contributed by atoms with Gasteiger partial charge in [-0.15, -0.1) is 0 Å². The first-order valence-corrected chi connectivity index (χ1v) is 18.9. The highest BCUT2D eigenvalue weighted by Gasteiger charge is 2.45. The summed E-state index contributed by atoms with van der Waals surface area (Å²) in [7, 11) is -3.14. The molecule has 1 N–H and O–H groups in total. The molecule has 6 rings (SSSR count). The summed E-state index contributed by atoms with van der Waals surface area (Å²) < 4.78 is 88.2. The van der Waals surface area contributed by atoms with Crippen molar-refractivity contribution in [1.29, 1.82) is 0 Å². The molecule has 2 bridgehead atoms. The molecule has 268 valence electrons. The molecule has 2 heterocycles. The van der Waals surface area contributed by atoms with E-state index in [0.717, 1.165) is 32.1 Å². The van der Waals surface area contributed by atoms with E-state index in [1.165, 1.54) is 24.1 Å². The van der Waals surface area contributed by atoms with E-state index in [4.69, 9.17) is 25.8 Å². The number of amides is 1. The highest BCUT2D eigenvalue weighted by Crippen LogP contribution is 2.47. The smallest absolute Gasteiger partial charge is 0.390 e. The van der Waals surface area contributed by atoms with Crippen molar-refractivity contribution in [1.82, 2.24) is 4.72 Å². The van der Waals surface area contributed by atoms with Gasteiger partial charge in [-0.3, -0.25) is 4.79 Å². The van der Waals surface area contributed by atoms with Crippen molar-refractivity contribution in [2.75, 3.05) is 44.9 Å². The van der Waals surface area contributed by atoms with Gasteiger partial charge in [0.25, 0.3) is 5.91 Å². The van der Waals surface area contributed by atoms with Gasteiger partial charge in [-0.1, -0.05) is 36.7 Å². The fourth-order valence-corrected chi connectivity index (χ4v) is 9.92. The molecule has 4 aliphatic rings. The van der Waals surface area contributed by atoms with E-state index < -0.39 is 39.7 Å². The summed E-state index contributed by atoms with van der Waals surface area (Å²) in [6.45, 7) is 3.84. The number of hydrogen-bond donors (Lipinski definition) is 1. The summed E-state index contributed by atoms with van der Waals surface area (Å²) in [5, 5.41) is -1.19. The summed E-state index contributed by atoms with van der Waals surface area (Å²) in [5.74, 6) is -1.01. The minimum Gasteiger partial charge on any atom is -0.490 e. The first-order valence-electron chi connectivity index (χ1n) is 17.0. The zero-order chi connectivity index (χ0) is 35.0. The number of sulfonamides is 1. The Morgan fingerprint density at radius 3 is 2.69 bits per heavy atom. The Morgan fingerprint density at radius 2 is 1.96 bits per heavy atom. The van der Waals surface area contributed by atoms with Crippen molar-refractivity contribution in [3.63, 3.8) is 0 Å². The SMILES string of the molecule is COCCOC1/C=C\C[C@H](C)[C@@H](CC(F)(F)F)S(=O)(=O)NC(=O)c2ccc3c(c2)N(C[C@@H]2CC[C@@H]12)C[C@@]1(CCCc2cc(Cl)ccc21)CO3. The molecule has 2 aromatic carbocycles. The standard InChI is InChI=1S/C36H44ClF3N2O6S/c1-23-5-3-7-31(47-16-15-46-2)28-11-8-26(28)20-42-21-35(14-4-6-24-17-27(37)10-12-29(24)35)22-48-32-13-9-25(18-30(32)42)34(43)41-49(44,45)33(23)19-36(38,39)40/h3,7,9-10,12-13,17-18,23,26,28,31,33H,4-6,8,11,14-16,19-22H2,1-2H3,(H,41,43)/b7-3-/t23-,26-,28+,31?,33+,35-/m0/s1. The van der Waals surface area contributed by atoms with E-state index in [2.05, 4.69) is 11.0 Å². The van der Waals surface area contributed by atoms with Crippen LogP contribution in [-0.4, -0.2) is 71.9 Å². The fraction of sp³-hybridized carbons (Fsp3) is 0.583. The van der Waals surface area contributed by atoms with Crippen LogP contribution in [0.25, 0.3) is 0 Å². The van der Waals surface area contributed by atoms with E-state index in [-0.39, 0.29) is 35.3 Å². The molecule has 1 fully saturated rings. The van der Waals surface area contributed by atoms with Gasteiger partial charge >= 0.3 is 6.18 Å². The molecule has 1 saturated carbocycles. The average molecular weight is 725 g/mol. The summed E-state index contributed by atoms with van der Waals surface area (Å²) in [6, 6.07) is 10.8. The Labute approximate surface area is 291 Å². The van der Waals surface area contributed by atoms with Gasteiger partial charge in [0.05, 0.1) is 43.3 Å². The molecule has 0 radical (unpaired) electrons. The lowest BCUT2D eigenvalue weighted by molar-refractivity contribution is -0.136. The van der Waals surface area contributed by atoms with Crippen LogP contribution in [0.2, 0.25) is 5.02 Å². The van der Waals surface area contributed by atoms with Gasteiger partial charge in [-0.05, 0) is 97.7 Å². The number of allylic oxidation sites excluding steroid dienone is 1. The second kappa shape index (κ2) is 14.4. The molecule has 0 saturated heterocycles. The van der Waals surface area contributed by atoms with Crippen molar-refractivity contribution in [3.05, 3.63) is 70.3 Å². The molecule has 2 aliphatic heterocycles. The third-order valence-corrected chi connectivity index (χ3v) is 12.9. The Balaban J connectivity index is 1.42. The van der Waals surface area contributed by atoms with Gasteiger partial charge in [-0.25, -0.2) is 13.1 Å². The predicted octanol–water partition coefficient (Wildman–Crippen LogP) is 6.85. The zero-order valence-electron chi connectivity index (χ0n) is 27.8. The van der Waals surface area contributed by atoms with Gasteiger partial charge in [0.15, 0.2) is 0 Å². The predicted molar refractivity (Wildman–Crippen MR) is 182 cm³/mol. The minimum absolute atomic E-state index is 0.0269. The number of nitrogens with one attached hydrogen (secondary N) is 1. The Morgan fingerprint density at radius 1 is 1.14 bits per heavy atom. The number of methoxy groups -OCH3 is 1. The average Bonchev–Trinajstić information content (AvgIpc) is 3.17. The largest absolute Gasteiger partial charge is 0.490 e. The summed E-state index contributed by atoms with van der Waals surface area (Å²) in [6.07, 6.45) is 1.60. The number of halogens is 4. The van der Waals surface area contributed by atoms with Gasteiger partial charge in [0.1, 0.15) is 5.75 Å². The number of alkyl halides is 3. The summed E-state index contributed by atoms with van der Waals surface area (Å²) in [4.78, 5) is 15.8. The molecular weight excluding hydrogens is 681 g/mol. The molecule has 8 nitrogen and oxygen atoms in total. The first kappa shape index (κ1) is 36.0. The van der Waals surface area contributed by atoms with Crippen LogP contribution in [0.1, 0.15) is 66.9 Å². The second-order valence-corrected chi connectivity index (χ2v) is 16.4. The molecule has 13 heteroatoms. The number of fused-ring (bicyclic) bond motifs is 4. The summed E-state index contributed by atoms with van der Waals surface area (Å²) in [5.41, 5.74) is 2.69. The summed E-state index contributed by atoms with van der Waals surface area (Å²) >= 11 is 6.40. The number of ether oxygens (including phenoxy) is 3. The van der Waals surface area contributed by atoms with Crippen LogP contribution in [0.3, 0.4) is 0 Å². The van der Waals surface area contributed by atoms with E-state index >= 15 is 0 Å². The van der Waals surface area contributed by atoms with Crippen LogP contribution in [-0.2, 0) is 31.3 Å². The van der Waals surface area contributed by atoms with Gasteiger partial charge in [-0.2, -0.15) is 13.2 Å². The lowest BCUT2D eigenvalue weighted by Gasteiger charge is -2.46. The number of rotatable bonds is 5. The van der Waals surface area contributed by atoms with Crippen LogP contribution in [0, 0.1) is 17.8 Å². The number of hydrogen-bond acceptors (Lipinski definition) is 7. The van der Waals surface area contributed by atoms with Crippen molar-refractivity contribution in [2.45, 2.75) is 74.8 Å². The highest BCUT2D eigenvalue weighted by atomic mass is 35.5. The number of nitrogens with zero attached hydrogens (tertiary/aromatic N) is 1. The lowest BCUT2D eigenvalue weighted by Crippen LogP contribution is -2.49. The Hall–Kier alpha value is -2.80. The highest BCUT2D eigenvalue weighted by molar-refractivity contribution is 7.90. The van der Waals surface area contributed by atoms with Gasteiger partial charge < -0.3 is 19.1 Å². The molecule has 2 aliphatic carbocycles. The molecule has 6 atom stereocenters. The van der Waals surface area contributed by atoms with E-state index in [1.807, 2.05) is 22.9 Å². The van der Waals surface area contributed by atoms with E-state index in [0.29, 0.717) is 49.4 Å². The molecule has 2 aromatic rings. The molecule has 0 aromatic heterocycles. The Kier molecular flexibility index (Phi) is 10.6. The first-order chi connectivity index (χ1) is 23.3. The number of carbonyl (C=O) groups excluding carboxylic acids is 1. The molecule has 1 amide bonds. The topological polar surface area (TPSA) is 94.2 Å². The van der Waals surface area contributed by atoms with Crippen LogP contribution in [0.5, 0.6) is 5.75 Å². The number of aryl methyl sites for hydroxylation is 1. The maximum Gasteiger partial charge on any atom is 0.390 e. The molecule has 1 unspecified atom stereocenters. The molecular formula is C36H44ClF3N2O6S. The maximum atomic E-state index is 13.7. The molecule has 49 heavy (non-hydrogen) atoms. The third-order valence-electron chi connectivity index (χ3n) is 10.8. The van der Waals surface area contributed by atoms with Crippen molar-refractivity contribution >= 4 is 33.2 Å². The Bertz CT molecular complexity index is 1670. The normalized spacial score (nSPS) is 30.6. The maximum absolute atomic E-state index is 13.7. The van der Waals surface area contributed by atoms with Crippen LogP contribution < -0.4 is 14.4 Å². The number of anilines is 1. The minimum atomic E-state index is -4.76. The van der Waals surface area contributed by atoms with E-state index in [1.54, 1.807) is 25.3 Å². The van der Waals surface area contributed by atoms with Gasteiger partial charge in [0.2, 0.25) is 10.0 Å². The second-order valence-electron chi connectivity index (χ2n) is 14.1. The van der Waals surface area contributed by atoms with Crippen molar-refractivity contribution < 1.29 is 40.6 Å². The number of benzene rings is 2. The van der Waals surface area contributed by atoms with E-state index in [9.17, 15) is 26.4 Å². The quantitative estimate of drug-likeness (QED) is 0.267. The van der Waals surface area contributed by atoms with Crippen molar-refractivity contribution in [2.24, 2.45) is 17.8 Å². The van der Waals surface area contributed by atoms with Gasteiger partial charge in [0, 0.05) is 36.2 Å². The van der Waals surface area contributed by atoms with Crippen molar-refractivity contribution in [3.8, 4) is 5.75 Å². The fourth-order valence-electron chi connectivity index (χ4n) is 8.07. The third kappa shape index (κ3) is 7.92. The van der Waals surface area contributed by atoms with Crippen LogP contribution >= 0.6 is 11.6 Å². The lowest BCUT2D eigenvalue weighted by atomic mass is 9.68. The van der Waals surface area contributed by atoms with Crippen LogP contribution in [0.15, 0.2) is 48.6 Å². The monoisotopic (exact) mass is 724 g/mol. The number of carbonyl (C=O) groups is 1.